The first kappa shape index (κ1) is 22.3. The second kappa shape index (κ2) is 10.1. The van der Waals surface area contributed by atoms with E-state index in [-0.39, 0.29) is 18.6 Å². The summed E-state index contributed by atoms with van der Waals surface area (Å²) < 4.78 is 7.19. The standard InChI is InChI=1S/C25H29N3O3/c1-18(2)27(15-21-11-7-5-8-12-21)23(29)17-31-25(30)24-19(3)26-28(20(24)4)16-22-13-9-6-10-14-22/h5-14,18H,15-17H2,1-4H3. The van der Waals surface area contributed by atoms with Crippen LogP contribution in [0.5, 0.6) is 0 Å². The fraction of sp³-hybridized carbons (Fsp3) is 0.320. The number of rotatable bonds is 8. The summed E-state index contributed by atoms with van der Waals surface area (Å²) in [5.74, 6) is -0.745. The molecule has 0 spiro atoms. The van der Waals surface area contributed by atoms with Crippen LogP contribution in [0.4, 0.5) is 0 Å². The number of hydrogen-bond acceptors (Lipinski definition) is 4. The van der Waals surface area contributed by atoms with Crippen LogP contribution in [0.1, 0.15) is 46.7 Å². The molecule has 2 aromatic carbocycles. The molecule has 162 valence electrons. The van der Waals surface area contributed by atoms with Crippen molar-refractivity contribution in [1.29, 1.82) is 0 Å². The van der Waals surface area contributed by atoms with E-state index in [2.05, 4.69) is 5.10 Å². The van der Waals surface area contributed by atoms with E-state index in [0.717, 1.165) is 16.8 Å². The van der Waals surface area contributed by atoms with Crippen molar-refractivity contribution in [2.45, 2.75) is 46.8 Å². The molecule has 6 nitrogen and oxygen atoms in total. The number of carbonyl (C=O) groups is 2. The third kappa shape index (κ3) is 5.60. The minimum atomic E-state index is -0.522. The minimum absolute atomic E-state index is 0.0106. The minimum Gasteiger partial charge on any atom is -0.452 e. The van der Waals surface area contributed by atoms with Crippen molar-refractivity contribution in [2.75, 3.05) is 6.61 Å². The van der Waals surface area contributed by atoms with Crippen molar-refractivity contribution in [1.82, 2.24) is 14.7 Å². The fourth-order valence-corrected chi connectivity index (χ4v) is 3.52. The Bertz CT molecular complexity index is 1030. The Morgan fingerprint density at radius 1 is 0.968 bits per heavy atom. The zero-order valence-electron chi connectivity index (χ0n) is 18.5. The van der Waals surface area contributed by atoms with Crippen LogP contribution in [0.25, 0.3) is 0 Å². The van der Waals surface area contributed by atoms with E-state index in [1.54, 1.807) is 16.5 Å². The van der Waals surface area contributed by atoms with Crippen molar-refractivity contribution >= 4 is 11.9 Å². The second-order valence-corrected chi connectivity index (χ2v) is 7.87. The first-order valence-corrected chi connectivity index (χ1v) is 10.4. The van der Waals surface area contributed by atoms with Crippen molar-refractivity contribution < 1.29 is 14.3 Å². The Morgan fingerprint density at radius 2 is 1.55 bits per heavy atom. The maximum Gasteiger partial charge on any atom is 0.342 e. The highest BCUT2D eigenvalue weighted by Gasteiger charge is 2.23. The molecule has 1 heterocycles. The highest BCUT2D eigenvalue weighted by molar-refractivity contribution is 5.93. The van der Waals surface area contributed by atoms with E-state index in [9.17, 15) is 9.59 Å². The third-order valence-corrected chi connectivity index (χ3v) is 5.23. The summed E-state index contributed by atoms with van der Waals surface area (Å²) in [5, 5.41) is 4.49. The highest BCUT2D eigenvalue weighted by atomic mass is 16.5. The molecule has 31 heavy (non-hydrogen) atoms. The van der Waals surface area contributed by atoms with Gasteiger partial charge in [-0.3, -0.25) is 9.48 Å². The van der Waals surface area contributed by atoms with Gasteiger partial charge in [-0.15, -0.1) is 0 Å². The summed E-state index contributed by atoms with van der Waals surface area (Å²) in [6.45, 7) is 8.27. The Hall–Kier alpha value is -3.41. The molecule has 0 aliphatic heterocycles. The van der Waals surface area contributed by atoms with Crippen LogP contribution in [-0.4, -0.2) is 39.2 Å². The monoisotopic (exact) mass is 419 g/mol. The molecular weight excluding hydrogens is 390 g/mol. The van der Waals surface area contributed by atoms with Gasteiger partial charge >= 0.3 is 5.97 Å². The highest BCUT2D eigenvalue weighted by Crippen LogP contribution is 2.17. The number of aromatic nitrogens is 2. The number of esters is 1. The van der Waals surface area contributed by atoms with Gasteiger partial charge in [-0.1, -0.05) is 60.7 Å². The molecule has 3 rings (SSSR count). The zero-order valence-corrected chi connectivity index (χ0v) is 18.5. The normalized spacial score (nSPS) is 10.9. The maximum absolute atomic E-state index is 12.8. The SMILES string of the molecule is Cc1nn(Cc2ccccc2)c(C)c1C(=O)OCC(=O)N(Cc1ccccc1)C(C)C. The number of aryl methyl sites for hydroxylation is 1. The Balaban J connectivity index is 1.66. The maximum atomic E-state index is 12.8. The number of hydrogen-bond donors (Lipinski definition) is 0. The lowest BCUT2D eigenvalue weighted by molar-refractivity contribution is -0.136. The van der Waals surface area contributed by atoms with Gasteiger partial charge in [0.05, 0.1) is 17.9 Å². The van der Waals surface area contributed by atoms with Crippen molar-refractivity contribution in [2.24, 2.45) is 0 Å². The molecule has 0 atom stereocenters. The van der Waals surface area contributed by atoms with Gasteiger partial charge in [0.15, 0.2) is 6.61 Å². The Labute approximate surface area is 183 Å². The van der Waals surface area contributed by atoms with Crippen LogP contribution in [0.3, 0.4) is 0 Å². The molecule has 0 unspecified atom stereocenters. The molecule has 0 N–H and O–H groups in total. The lowest BCUT2D eigenvalue weighted by Crippen LogP contribution is -2.39. The van der Waals surface area contributed by atoms with Crippen LogP contribution >= 0.6 is 0 Å². The predicted molar refractivity (Wildman–Crippen MR) is 120 cm³/mol. The topological polar surface area (TPSA) is 64.4 Å². The lowest BCUT2D eigenvalue weighted by Gasteiger charge is -2.26. The smallest absolute Gasteiger partial charge is 0.342 e. The molecule has 0 saturated heterocycles. The van der Waals surface area contributed by atoms with Gasteiger partial charge in [0.25, 0.3) is 5.91 Å². The molecule has 0 aliphatic rings. The van der Waals surface area contributed by atoms with Crippen LogP contribution in [-0.2, 0) is 22.6 Å². The summed E-state index contributed by atoms with van der Waals surface area (Å²) >= 11 is 0. The third-order valence-electron chi connectivity index (χ3n) is 5.23. The molecule has 1 aromatic heterocycles. The molecule has 1 amide bonds. The number of amides is 1. The van der Waals surface area contributed by atoms with Crippen LogP contribution in [0.2, 0.25) is 0 Å². The van der Waals surface area contributed by atoms with E-state index >= 15 is 0 Å². The van der Waals surface area contributed by atoms with E-state index < -0.39 is 5.97 Å². The molecule has 0 saturated carbocycles. The van der Waals surface area contributed by atoms with Crippen molar-refractivity contribution in [3.8, 4) is 0 Å². The second-order valence-electron chi connectivity index (χ2n) is 7.87. The lowest BCUT2D eigenvalue weighted by atomic mass is 10.2. The molecule has 0 bridgehead atoms. The first-order valence-electron chi connectivity index (χ1n) is 10.4. The van der Waals surface area contributed by atoms with Crippen molar-refractivity contribution in [3.05, 3.63) is 88.7 Å². The molecule has 6 heteroatoms. The predicted octanol–water partition coefficient (Wildman–Crippen LogP) is 4.14. The van der Waals surface area contributed by atoms with E-state index in [0.29, 0.717) is 24.3 Å². The van der Waals surface area contributed by atoms with Gasteiger partial charge in [-0.25, -0.2) is 4.79 Å². The zero-order chi connectivity index (χ0) is 22.4. The Morgan fingerprint density at radius 3 is 2.13 bits per heavy atom. The van der Waals surface area contributed by atoms with E-state index in [1.165, 1.54) is 0 Å². The summed E-state index contributed by atoms with van der Waals surface area (Å²) in [4.78, 5) is 27.2. The van der Waals surface area contributed by atoms with E-state index in [4.69, 9.17) is 4.74 Å². The summed E-state index contributed by atoms with van der Waals surface area (Å²) in [7, 11) is 0. The van der Waals surface area contributed by atoms with Gasteiger partial charge in [-0.05, 0) is 38.8 Å². The molecule has 0 fully saturated rings. The van der Waals surface area contributed by atoms with Gasteiger partial charge in [0.1, 0.15) is 5.56 Å². The molecule has 0 aliphatic carbocycles. The van der Waals surface area contributed by atoms with Crippen molar-refractivity contribution in [3.63, 3.8) is 0 Å². The van der Waals surface area contributed by atoms with Crippen LogP contribution in [0.15, 0.2) is 60.7 Å². The van der Waals surface area contributed by atoms with Crippen LogP contribution in [0, 0.1) is 13.8 Å². The van der Waals surface area contributed by atoms with Gasteiger partial charge < -0.3 is 9.64 Å². The van der Waals surface area contributed by atoms with Gasteiger partial charge in [0.2, 0.25) is 0 Å². The fourth-order valence-electron chi connectivity index (χ4n) is 3.52. The summed E-state index contributed by atoms with van der Waals surface area (Å²) in [6, 6.07) is 19.7. The average molecular weight is 420 g/mol. The Kier molecular flexibility index (Phi) is 7.23. The molecular formula is C25H29N3O3. The summed E-state index contributed by atoms with van der Waals surface area (Å²) in [6.07, 6.45) is 0. The molecule has 0 radical (unpaired) electrons. The van der Waals surface area contributed by atoms with E-state index in [1.807, 2.05) is 81.4 Å². The number of nitrogens with zero attached hydrogens (tertiary/aromatic N) is 3. The van der Waals surface area contributed by atoms with Crippen LogP contribution < -0.4 is 0 Å². The number of benzene rings is 2. The average Bonchev–Trinajstić information content (AvgIpc) is 3.04. The number of carbonyl (C=O) groups excluding carboxylic acids is 2. The number of ether oxygens (including phenoxy) is 1. The van der Waals surface area contributed by atoms with Gasteiger partial charge in [0, 0.05) is 12.6 Å². The van der Waals surface area contributed by atoms with Gasteiger partial charge in [-0.2, -0.15) is 5.10 Å². The quantitative estimate of drug-likeness (QED) is 0.515. The largest absolute Gasteiger partial charge is 0.452 e. The molecule has 3 aromatic rings. The first-order chi connectivity index (χ1) is 14.9. The summed E-state index contributed by atoms with van der Waals surface area (Å²) in [5.41, 5.74) is 3.86.